The third-order valence-electron chi connectivity index (χ3n) is 2.10. The molecule has 0 aliphatic heterocycles. The average molecular weight is 282 g/mol. The van der Waals surface area contributed by atoms with E-state index >= 15 is 0 Å². The van der Waals surface area contributed by atoms with Crippen LogP contribution in [0.4, 0.5) is 0 Å². The van der Waals surface area contributed by atoms with Gasteiger partial charge in [0.05, 0.1) is 4.88 Å². The number of halogens is 1. The van der Waals surface area contributed by atoms with Crippen LogP contribution in [0.5, 0.6) is 0 Å². The van der Waals surface area contributed by atoms with Crippen molar-refractivity contribution < 1.29 is 4.79 Å². The monoisotopic (exact) mass is 281 g/mol. The van der Waals surface area contributed by atoms with Crippen LogP contribution in [-0.2, 0) is 0 Å². The van der Waals surface area contributed by atoms with Crippen molar-refractivity contribution in [3.05, 3.63) is 50.9 Å². The Labute approximate surface area is 100 Å². The van der Waals surface area contributed by atoms with Gasteiger partial charge < -0.3 is 0 Å². The summed E-state index contributed by atoms with van der Waals surface area (Å²) in [6.45, 7) is 1.97. The predicted octanol–water partition coefficient (Wildman–Crippen LogP) is 3.45. The lowest BCUT2D eigenvalue weighted by atomic mass is 10.1. The van der Waals surface area contributed by atoms with Gasteiger partial charge in [0.25, 0.3) is 0 Å². The molecule has 2 nitrogen and oxygen atoms in total. The molecule has 1 aromatic heterocycles. The van der Waals surface area contributed by atoms with Gasteiger partial charge in [-0.15, -0.1) is 0 Å². The Morgan fingerprint density at radius 2 is 2.20 bits per heavy atom. The fourth-order valence-corrected chi connectivity index (χ4v) is 2.28. The maximum absolute atomic E-state index is 12.0. The van der Waals surface area contributed by atoms with Crippen molar-refractivity contribution in [1.82, 2.24) is 4.37 Å². The number of aryl methyl sites for hydroxylation is 1. The zero-order valence-corrected chi connectivity index (χ0v) is 10.4. The first-order chi connectivity index (χ1) is 7.20. The summed E-state index contributed by atoms with van der Waals surface area (Å²) in [5.74, 6) is 0.0214. The highest BCUT2D eigenvalue weighted by atomic mass is 79.9. The van der Waals surface area contributed by atoms with Gasteiger partial charge in [-0.3, -0.25) is 4.79 Å². The van der Waals surface area contributed by atoms with Crippen molar-refractivity contribution in [1.29, 1.82) is 0 Å². The smallest absolute Gasteiger partial charge is 0.205 e. The van der Waals surface area contributed by atoms with Gasteiger partial charge in [0.2, 0.25) is 5.78 Å². The van der Waals surface area contributed by atoms with Crippen LogP contribution in [0.2, 0.25) is 0 Å². The number of hydrogen-bond acceptors (Lipinski definition) is 3. The lowest BCUT2D eigenvalue weighted by Crippen LogP contribution is -2.00. The Hall–Kier alpha value is -1.000. The maximum atomic E-state index is 12.0. The SMILES string of the molecule is Cc1cccc(C(=O)c2ccns2)c1Br. The van der Waals surface area contributed by atoms with Crippen molar-refractivity contribution in [3.8, 4) is 0 Å². The fourth-order valence-electron chi connectivity index (χ4n) is 1.29. The number of benzene rings is 1. The molecule has 0 unspecified atom stereocenters. The van der Waals surface area contributed by atoms with Crippen molar-refractivity contribution >= 4 is 33.2 Å². The quantitative estimate of drug-likeness (QED) is 0.790. The highest BCUT2D eigenvalue weighted by Gasteiger charge is 2.14. The third-order valence-corrected chi connectivity index (χ3v) is 3.90. The van der Waals surface area contributed by atoms with E-state index in [9.17, 15) is 4.79 Å². The summed E-state index contributed by atoms with van der Waals surface area (Å²) in [5.41, 5.74) is 1.75. The van der Waals surface area contributed by atoms with Crippen molar-refractivity contribution in [3.63, 3.8) is 0 Å². The number of hydrogen-bond donors (Lipinski definition) is 0. The molecule has 0 fully saturated rings. The van der Waals surface area contributed by atoms with E-state index in [1.165, 1.54) is 11.5 Å². The van der Waals surface area contributed by atoms with E-state index in [0.717, 1.165) is 10.0 Å². The molecular formula is C11H8BrNOS. The van der Waals surface area contributed by atoms with Crippen LogP contribution < -0.4 is 0 Å². The second-order valence-corrected chi connectivity index (χ2v) is 4.77. The fraction of sp³-hybridized carbons (Fsp3) is 0.0909. The lowest BCUT2D eigenvalue weighted by Gasteiger charge is -2.03. The zero-order chi connectivity index (χ0) is 10.8. The highest BCUT2D eigenvalue weighted by molar-refractivity contribution is 9.10. The topological polar surface area (TPSA) is 30.0 Å². The summed E-state index contributed by atoms with van der Waals surface area (Å²) in [6.07, 6.45) is 1.64. The number of carbonyl (C=O) groups is 1. The Morgan fingerprint density at radius 1 is 1.40 bits per heavy atom. The van der Waals surface area contributed by atoms with E-state index in [1.807, 2.05) is 25.1 Å². The standard InChI is InChI=1S/C11H8BrNOS/c1-7-3-2-4-8(10(7)12)11(14)9-5-6-13-15-9/h2-6H,1H3. The molecule has 0 spiro atoms. The molecule has 1 heterocycles. The molecule has 0 amide bonds. The Kier molecular flexibility index (Phi) is 2.98. The molecule has 0 N–H and O–H groups in total. The van der Waals surface area contributed by atoms with Crippen LogP contribution in [0.25, 0.3) is 0 Å². The summed E-state index contributed by atoms with van der Waals surface area (Å²) in [4.78, 5) is 12.7. The molecule has 2 rings (SSSR count). The lowest BCUT2D eigenvalue weighted by molar-refractivity contribution is 0.104. The van der Waals surface area contributed by atoms with Crippen LogP contribution in [0.15, 0.2) is 34.9 Å². The van der Waals surface area contributed by atoms with Gasteiger partial charge in [-0.05, 0) is 52.1 Å². The Bertz CT molecular complexity index is 493. The largest absolute Gasteiger partial charge is 0.288 e. The average Bonchev–Trinajstić information content (AvgIpc) is 2.74. The summed E-state index contributed by atoms with van der Waals surface area (Å²) < 4.78 is 4.79. The molecule has 4 heteroatoms. The van der Waals surface area contributed by atoms with Crippen molar-refractivity contribution in [2.45, 2.75) is 6.92 Å². The van der Waals surface area contributed by atoms with E-state index in [-0.39, 0.29) is 5.78 Å². The number of aromatic nitrogens is 1. The van der Waals surface area contributed by atoms with Crippen LogP contribution in [0.3, 0.4) is 0 Å². The normalized spacial score (nSPS) is 10.3. The predicted molar refractivity (Wildman–Crippen MR) is 64.4 cm³/mol. The molecule has 0 atom stereocenters. The molecule has 0 aliphatic carbocycles. The molecule has 76 valence electrons. The molecule has 0 radical (unpaired) electrons. The van der Waals surface area contributed by atoms with Crippen LogP contribution in [0.1, 0.15) is 20.8 Å². The van der Waals surface area contributed by atoms with Gasteiger partial charge in [-0.1, -0.05) is 12.1 Å². The van der Waals surface area contributed by atoms with E-state index in [4.69, 9.17) is 0 Å². The molecule has 15 heavy (non-hydrogen) atoms. The van der Waals surface area contributed by atoms with E-state index in [2.05, 4.69) is 20.3 Å². The third kappa shape index (κ3) is 2.01. The molecule has 0 aliphatic rings. The van der Waals surface area contributed by atoms with Crippen LogP contribution in [-0.4, -0.2) is 10.2 Å². The number of nitrogens with zero attached hydrogens (tertiary/aromatic N) is 1. The Balaban J connectivity index is 2.47. The van der Waals surface area contributed by atoms with Gasteiger partial charge in [-0.2, -0.15) is 0 Å². The molecule has 0 saturated heterocycles. The minimum absolute atomic E-state index is 0.0214. The summed E-state index contributed by atoms with van der Waals surface area (Å²) in [7, 11) is 0. The van der Waals surface area contributed by atoms with E-state index in [0.29, 0.717) is 10.4 Å². The van der Waals surface area contributed by atoms with Gasteiger partial charge in [0.1, 0.15) is 0 Å². The first kappa shape index (κ1) is 10.5. The summed E-state index contributed by atoms with van der Waals surface area (Å²) >= 11 is 4.65. The van der Waals surface area contributed by atoms with Crippen molar-refractivity contribution in [2.24, 2.45) is 0 Å². The minimum atomic E-state index is 0.0214. The van der Waals surface area contributed by atoms with Crippen LogP contribution >= 0.6 is 27.5 Å². The first-order valence-electron chi connectivity index (χ1n) is 4.40. The summed E-state index contributed by atoms with van der Waals surface area (Å²) in [5, 5.41) is 0. The second-order valence-electron chi connectivity index (χ2n) is 3.14. The van der Waals surface area contributed by atoms with Gasteiger partial charge in [0, 0.05) is 16.2 Å². The number of rotatable bonds is 2. The van der Waals surface area contributed by atoms with Gasteiger partial charge in [-0.25, -0.2) is 4.37 Å². The second kappa shape index (κ2) is 4.24. The maximum Gasteiger partial charge on any atom is 0.205 e. The molecular weight excluding hydrogens is 274 g/mol. The first-order valence-corrected chi connectivity index (χ1v) is 5.97. The molecule has 2 aromatic rings. The highest BCUT2D eigenvalue weighted by Crippen LogP contribution is 2.24. The number of ketones is 1. The van der Waals surface area contributed by atoms with Crippen molar-refractivity contribution in [2.75, 3.05) is 0 Å². The van der Waals surface area contributed by atoms with E-state index < -0.39 is 0 Å². The Morgan fingerprint density at radius 3 is 2.87 bits per heavy atom. The minimum Gasteiger partial charge on any atom is -0.288 e. The van der Waals surface area contributed by atoms with Gasteiger partial charge >= 0.3 is 0 Å². The van der Waals surface area contributed by atoms with Crippen LogP contribution in [0, 0.1) is 6.92 Å². The number of carbonyl (C=O) groups excluding carboxylic acids is 1. The molecule has 0 bridgehead atoms. The zero-order valence-electron chi connectivity index (χ0n) is 8.03. The molecule has 1 aromatic carbocycles. The summed E-state index contributed by atoms with van der Waals surface area (Å²) in [6, 6.07) is 7.41. The van der Waals surface area contributed by atoms with Gasteiger partial charge in [0.15, 0.2) is 0 Å². The van der Waals surface area contributed by atoms with E-state index in [1.54, 1.807) is 12.3 Å². The molecule has 0 saturated carbocycles.